The van der Waals surface area contributed by atoms with Crippen molar-refractivity contribution < 1.29 is 9.90 Å². The zero-order chi connectivity index (χ0) is 24.8. The molecule has 0 fully saturated rings. The van der Waals surface area contributed by atoms with Crippen molar-refractivity contribution in [1.82, 2.24) is 19.6 Å². The summed E-state index contributed by atoms with van der Waals surface area (Å²) in [5, 5.41) is 13.3. The molecule has 0 aliphatic heterocycles. The highest BCUT2D eigenvalue weighted by Gasteiger charge is 2.21. The Labute approximate surface area is 205 Å². The average molecular weight is 473 g/mol. The number of aromatic amines is 1. The number of carboxylic acids is 1. The van der Waals surface area contributed by atoms with Gasteiger partial charge in [-0.05, 0) is 36.2 Å². The van der Waals surface area contributed by atoms with Crippen LogP contribution in [0.15, 0.2) is 95.8 Å². The van der Waals surface area contributed by atoms with Crippen molar-refractivity contribution in [1.29, 1.82) is 0 Å². The molecule has 0 amide bonds. The number of nitrogens with one attached hydrogen (secondary N) is 1. The highest BCUT2D eigenvalue weighted by atomic mass is 16.4. The molecule has 0 spiro atoms. The molecule has 3 aromatic heterocycles. The average Bonchev–Trinajstić information content (AvgIpc) is 3.29. The van der Waals surface area contributed by atoms with Crippen LogP contribution in [0.4, 0.5) is 0 Å². The number of fused-ring (bicyclic) bond motifs is 2. The first-order valence-electron chi connectivity index (χ1n) is 11.4. The van der Waals surface area contributed by atoms with E-state index in [9.17, 15) is 14.7 Å². The number of hydrogen-bond acceptors (Lipinski definition) is 4. The first-order valence-corrected chi connectivity index (χ1v) is 11.4. The van der Waals surface area contributed by atoms with Crippen LogP contribution in [0.25, 0.3) is 50.1 Å². The summed E-state index contributed by atoms with van der Waals surface area (Å²) in [4.78, 5) is 34.2. The van der Waals surface area contributed by atoms with E-state index in [2.05, 4.69) is 10.1 Å². The van der Waals surface area contributed by atoms with Crippen molar-refractivity contribution in [2.45, 2.75) is 6.92 Å². The van der Waals surface area contributed by atoms with Gasteiger partial charge in [-0.1, -0.05) is 72.8 Å². The number of rotatable bonds is 4. The molecular formula is C29H20N4O3. The lowest BCUT2D eigenvalue weighted by Crippen LogP contribution is -2.19. The van der Waals surface area contributed by atoms with E-state index in [-0.39, 0.29) is 11.3 Å². The van der Waals surface area contributed by atoms with Gasteiger partial charge in [0.25, 0.3) is 5.56 Å². The fraction of sp³-hybridized carbons (Fsp3) is 0.0345. The topological polar surface area (TPSA) is 100 Å². The minimum atomic E-state index is -1.08. The predicted molar refractivity (Wildman–Crippen MR) is 139 cm³/mol. The van der Waals surface area contributed by atoms with E-state index in [0.29, 0.717) is 28.0 Å². The molecule has 0 aliphatic carbocycles. The third kappa shape index (κ3) is 3.45. The molecule has 7 heteroatoms. The van der Waals surface area contributed by atoms with E-state index < -0.39 is 5.97 Å². The standard InChI is InChI=1S/C29H20N4O3/c1-17-24(21-13-14-22-20(16-21)12-15-23(31-22)29(35)36)28(34)33-27(30-17)25(18-8-4-2-5-9-18)26(32-33)19-10-6-3-7-11-19/h2-16,32H,1H3,(H,35,36). The second-order valence-corrected chi connectivity index (χ2v) is 8.54. The first-order chi connectivity index (χ1) is 17.5. The zero-order valence-electron chi connectivity index (χ0n) is 19.3. The largest absolute Gasteiger partial charge is 0.477 e. The number of pyridine rings is 1. The van der Waals surface area contributed by atoms with Crippen LogP contribution in [0.1, 0.15) is 16.2 Å². The van der Waals surface area contributed by atoms with E-state index in [0.717, 1.165) is 27.8 Å². The van der Waals surface area contributed by atoms with Crippen molar-refractivity contribution in [3.05, 3.63) is 113 Å². The quantitative estimate of drug-likeness (QED) is 0.349. The lowest BCUT2D eigenvalue weighted by atomic mass is 10.0. The van der Waals surface area contributed by atoms with Gasteiger partial charge in [0.05, 0.1) is 28.0 Å². The number of aryl methyl sites for hydroxylation is 1. The SMILES string of the molecule is Cc1nc2c(-c3ccccc3)c(-c3ccccc3)[nH]n2c(=O)c1-c1ccc2nc(C(=O)O)ccc2c1. The molecule has 0 saturated heterocycles. The van der Waals surface area contributed by atoms with Crippen LogP contribution in [0.3, 0.4) is 0 Å². The van der Waals surface area contributed by atoms with Gasteiger partial charge >= 0.3 is 5.97 Å². The number of benzene rings is 3. The lowest BCUT2D eigenvalue weighted by Gasteiger charge is -2.08. The Morgan fingerprint density at radius 2 is 1.50 bits per heavy atom. The van der Waals surface area contributed by atoms with Gasteiger partial charge in [-0.25, -0.2) is 14.8 Å². The van der Waals surface area contributed by atoms with E-state index in [1.165, 1.54) is 10.6 Å². The van der Waals surface area contributed by atoms with Crippen molar-refractivity contribution in [2.75, 3.05) is 0 Å². The van der Waals surface area contributed by atoms with E-state index >= 15 is 0 Å². The summed E-state index contributed by atoms with van der Waals surface area (Å²) in [6.07, 6.45) is 0. The maximum absolute atomic E-state index is 13.9. The Balaban J connectivity index is 1.60. The van der Waals surface area contributed by atoms with Crippen molar-refractivity contribution >= 4 is 22.5 Å². The minimum absolute atomic E-state index is 0.0251. The predicted octanol–water partition coefficient (Wildman–Crippen LogP) is 5.58. The lowest BCUT2D eigenvalue weighted by molar-refractivity contribution is 0.0691. The summed E-state index contributed by atoms with van der Waals surface area (Å²) < 4.78 is 1.50. The third-order valence-electron chi connectivity index (χ3n) is 6.28. The smallest absolute Gasteiger partial charge is 0.354 e. The van der Waals surface area contributed by atoms with Gasteiger partial charge in [0.15, 0.2) is 5.65 Å². The molecule has 0 saturated carbocycles. The van der Waals surface area contributed by atoms with Crippen LogP contribution in [-0.2, 0) is 0 Å². The summed E-state index contributed by atoms with van der Waals surface area (Å²) in [5.41, 5.74) is 6.20. The number of nitrogens with zero attached hydrogens (tertiary/aromatic N) is 3. The normalized spacial score (nSPS) is 11.2. The second-order valence-electron chi connectivity index (χ2n) is 8.54. The van der Waals surface area contributed by atoms with Crippen LogP contribution in [0.5, 0.6) is 0 Å². The molecule has 0 bridgehead atoms. The van der Waals surface area contributed by atoms with Gasteiger partial charge in [0.2, 0.25) is 0 Å². The number of hydrogen-bond donors (Lipinski definition) is 2. The Hall–Kier alpha value is -5.04. The van der Waals surface area contributed by atoms with Crippen molar-refractivity contribution in [3.63, 3.8) is 0 Å². The number of H-pyrrole nitrogens is 1. The van der Waals surface area contributed by atoms with Crippen LogP contribution >= 0.6 is 0 Å². The summed E-state index contributed by atoms with van der Waals surface area (Å²) >= 11 is 0. The Bertz CT molecular complexity index is 1840. The number of carbonyl (C=O) groups is 1. The number of aromatic nitrogens is 4. The van der Waals surface area contributed by atoms with Crippen LogP contribution < -0.4 is 5.56 Å². The molecule has 6 rings (SSSR count). The van der Waals surface area contributed by atoms with Gasteiger partial charge in [-0.15, -0.1) is 0 Å². The molecule has 0 unspecified atom stereocenters. The van der Waals surface area contributed by atoms with Crippen molar-refractivity contribution in [2.24, 2.45) is 0 Å². The maximum Gasteiger partial charge on any atom is 0.354 e. The molecule has 7 nitrogen and oxygen atoms in total. The molecule has 36 heavy (non-hydrogen) atoms. The number of carboxylic acid groups (broad SMARTS) is 1. The molecule has 0 aliphatic rings. The summed E-state index contributed by atoms with van der Waals surface area (Å²) in [6.45, 7) is 1.83. The molecule has 3 heterocycles. The second kappa shape index (κ2) is 8.32. The van der Waals surface area contributed by atoms with E-state index in [1.54, 1.807) is 18.2 Å². The molecule has 6 aromatic rings. The monoisotopic (exact) mass is 472 g/mol. The van der Waals surface area contributed by atoms with Crippen LogP contribution in [0.2, 0.25) is 0 Å². The van der Waals surface area contributed by atoms with Crippen LogP contribution in [0, 0.1) is 6.92 Å². The Kier molecular flexibility index (Phi) is 4.97. The van der Waals surface area contributed by atoms with Crippen LogP contribution in [-0.4, -0.2) is 30.7 Å². The molecule has 0 atom stereocenters. The van der Waals surface area contributed by atoms with E-state index in [1.807, 2.05) is 73.7 Å². The zero-order valence-corrected chi connectivity index (χ0v) is 19.3. The third-order valence-corrected chi connectivity index (χ3v) is 6.28. The molecule has 174 valence electrons. The fourth-order valence-corrected chi connectivity index (χ4v) is 4.60. The maximum atomic E-state index is 13.9. The van der Waals surface area contributed by atoms with Gasteiger partial charge in [0.1, 0.15) is 5.69 Å². The molecule has 3 aromatic carbocycles. The van der Waals surface area contributed by atoms with E-state index in [4.69, 9.17) is 4.98 Å². The number of aromatic carboxylic acids is 1. The van der Waals surface area contributed by atoms with Crippen molar-refractivity contribution in [3.8, 4) is 33.5 Å². The molecule has 0 radical (unpaired) electrons. The highest BCUT2D eigenvalue weighted by Crippen LogP contribution is 2.35. The fourth-order valence-electron chi connectivity index (χ4n) is 4.60. The minimum Gasteiger partial charge on any atom is -0.477 e. The Morgan fingerprint density at radius 3 is 2.19 bits per heavy atom. The first kappa shape index (κ1) is 21.5. The summed E-state index contributed by atoms with van der Waals surface area (Å²) in [6, 6.07) is 28.3. The Morgan fingerprint density at radius 1 is 0.806 bits per heavy atom. The van der Waals surface area contributed by atoms with Gasteiger partial charge in [-0.2, -0.15) is 4.52 Å². The highest BCUT2D eigenvalue weighted by molar-refractivity contribution is 5.93. The molecular weight excluding hydrogens is 452 g/mol. The van der Waals surface area contributed by atoms with Gasteiger partial charge < -0.3 is 5.11 Å². The summed E-state index contributed by atoms with van der Waals surface area (Å²) in [7, 11) is 0. The summed E-state index contributed by atoms with van der Waals surface area (Å²) in [5.74, 6) is -1.08. The van der Waals surface area contributed by atoms with Gasteiger partial charge in [-0.3, -0.25) is 9.89 Å². The molecule has 2 N–H and O–H groups in total. The van der Waals surface area contributed by atoms with Gasteiger partial charge in [0, 0.05) is 10.9 Å².